The second-order valence-electron chi connectivity index (χ2n) is 7.66. The number of thioether (sulfide) groups is 1. The van der Waals surface area contributed by atoms with Crippen LogP contribution in [0.1, 0.15) is 22.8 Å². The average molecular weight is 520 g/mol. The number of amidine groups is 1. The molecule has 0 saturated carbocycles. The van der Waals surface area contributed by atoms with Crippen LogP contribution in [0.15, 0.2) is 41.4 Å². The Balaban J connectivity index is 1.65. The summed E-state index contributed by atoms with van der Waals surface area (Å²) < 4.78 is 24.6. The highest BCUT2D eigenvalue weighted by Gasteiger charge is 2.23. The van der Waals surface area contributed by atoms with Gasteiger partial charge >= 0.3 is 0 Å². The lowest BCUT2D eigenvalue weighted by molar-refractivity contribution is -0.0292. The fraction of sp³-hybridized carbons (Fsp3) is 0.375. The topological polar surface area (TPSA) is 99.0 Å². The van der Waals surface area contributed by atoms with Crippen LogP contribution in [0, 0.1) is 17.3 Å². The van der Waals surface area contributed by atoms with Crippen LogP contribution in [0.5, 0.6) is 5.75 Å². The number of benzene rings is 2. The fourth-order valence-corrected chi connectivity index (χ4v) is 4.10. The second kappa shape index (κ2) is 13.3. The van der Waals surface area contributed by atoms with Crippen molar-refractivity contribution < 1.29 is 18.7 Å². The predicted molar refractivity (Wildman–Crippen MR) is 136 cm³/mol. The van der Waals surface area contributed by atoms with E-state index in [1.165, 1.54) is 30.0 Å². The van der Waals surface area contributed by atoms with Gasteiger partial charge in [-0.2, -0.15) is 5.26 Å². The van der Waals surface area contributed by atoms with Gasteiger partial charge in [0.25, 0.3) is 5.91 Å². The molecule has 2 aromatic rings. The van der Waals surface area contributed by atoms with Gasteiger partial charge < -0.3 is 14.8 Å². The number of carbonyl (C=O) groups is 1. The Bertz CT molecular complexity index is 1090. The Kier molecular flexibility index (Phi) is 10.2. The maximum atomic E-state index is 13.2. The number of hydrogen-bond donors (Lipinski definition) is 2. The zero-order chi connectivity index (χ0) is 25.2. The van der Waals surface area contributed by atoms with E-state index >= 15 is 0 Å². The lowest BCUT2D eigenvalue weighted by Gasteiger charge is -2.33. The van der Waals surface area contributed by atoms with Gasteiger partial charge in [-0.15, -0.1) is 0 Å². The van der Waals surface area contributed by atoms with Gasteiger partial charge in [-0.25, -0.2) is 9.38 Å². The summed E-state index contributed by atoms with van der Waals surface area (Å²) in [7, 11) is 0. The number of nitrogens with zero attached hydrogens (tertiary/aromatic N) is 3. The highest BCUT2D eigenvalue weighted by Crippen LogP contribution is 2.34. The molecule has 3 rings (SSSR count). The van der Waals surface area contributed by atoms with Crippen LogP contribution >= 0.6 is 23.4 Å². The normalized spacial score (nSPS) is 16.4. The van der Waals surface area contributed by atoms with Gasteiger partial charge in [-0.05, 0) is 36.9 Å². The first-order chi connectivity index (χ1) is 16.9. The third-order valence-corrected chi connectivity index (χ3v) is 6.09. The minimum atomic E-state index is -0.342. The minimum absolute atomic E-state index is 0.191. The van der Waals surface area contributed by atoms with Gasteiger partial charge in [0.15, 0.2) is 11.4 Å². The number of carbonyl (C=O) groups excluding carboxylic acids is 1. The smallest absolute Gasteiger partial charge is 0.255 e. The quantitative estimate of drug-likeness (QED) is 0.236. The molecule has 2 aromatic carbocycles. The van der Waals surface area contributed by atoms with Crippen molar-refractivity contribution >= 4 is 40.1 Å². The Labute approximate surface area is 213 Å². The van der Waals surface area contributed by atoms with Crippen molar-refractivity contribution in [1.29, 1.82) is 5.26 Å². The van der Waals surface area contributed by atoms with Crippen LogP contribution in [0.25, 0.3) is 0 Å². The molecule has 0 spiro atoms. The summed E-state index contributed by atoms with van der Waals surface area (Å²) in [6.07, 6.45) is 3.41. The Morgan fingerprint density at radius 2 is 2.17 bits per heavy atom. The van der Waals surface area contributed by atoms with Crippen molar-refractivity contribution in [2.45, 2.75) is 19.6 Å². The van der Waals surface area contributed by atoms with Gasteiger partial charge in [0.1, 0.15) is 11.6 Å². The number of amides is 1. The molecule has 0 aromatic heterocycles. The summed E-state index contributed by atoms with van der Waals surface area (Å²) in [6, 6.07) is 9.53. The van der Waals surface area contributed by atoms with E-state index < -0.39 is 0 Å². The number of nitriles is 1. The predicted octanol–water partition coefficient (Wildman–Crippen LogP) is 3.93. The monoisotopic (exact) mass is 519 g/mol. The first kappa shape index (κ1) is 26.8. The molecule has 1 amide bonds. The number of morpholine rings is 1. The molecule has 1 unspecified atom stereocenters. The van der Waals surface area contributed by atoms with Crippen LogP contribution in [-0.4, -0.2) is 61.2 Å². The maximum Gasteiger partial charge on any atom is 0.255 e. The van der Waals surface area contributed by atoms with Crippen LogP contribution in [0.3, 0.4) is 0 Å². The molecule has 1 aliphatic rings. The third-order valence-electron chi connectivity index (χ3n) is 5.20. The number of hydrogen-bond acceptors (Lipinski definition) is 7. The number of aliphatic imine (C=N–C) groups is 1. The van der Waals surface area contributed by atoms with E-state index in [4.69, 9.17) is 26.3 Å². The molecule has 1 fully saturated rings. The van der Waals surface area contributed by atoms with Crippen LogP contribution in [-0.2, 0) is 11.3 Å². The molecule has 8 nitrogen and oxygen atoms in total. The molecule has 1 aliphatic heterocycles. The standard InChI is InChI=1S/C24H27ClFN5O3S/c1-3-33-22-11-21(30-24(35-2)29-15-27)20(25)10-19(22)23(32)28-12-18-14-31(8-9-34-18)13-16-4-6-17(26)7-5-16/h4-7,10-11,18H,3,8-9,12-14H2,1-2H3,(H,28,32)(H,29,30). The molecular weight excluding hydrogens is 493 g/mol. The van der Waals surface area contributed by atoms with Gasteiger partial charge in [-0.3, -0.25) is 15.0 Å². The van der Waals surface area contributed by atoms with E-state index in [0.29, 0.717) is 49.5 Å². The lowest BCUT2D eigenvalue weighted by Crippen LogP contribution is -2.47. The molecule has 11 heteroatoms. The van der Waals surface area contributed by atoms with Gasteiger partial charge in [0.2, 0.25) is 0 Å². The Hall–Kier alpha value is -2.84. The summed E-state index contributed by atoms with van der Waals surface area (Å²) >= 11 is 7.64. The highest BCUT2D eigenvalue weighted by atomic mass is 35.5. The van der Waals surface area contributed by atoms with E-state index in [-0.39, 0.29) is 28.4 Å². The molecule has 35 heavy (non-hydrogen) atoms. The van der Waals surface area contributed by atoms with Crippen molar-refractivity contribution in [3.63, 3.8) is 0 Å². The molecule has 2 N–H and O–H groups in total. The molecule has 1 atom stereocenters. The van der Waals surface area contributed by atoms with Crippen molar-refractivity contribution in [2.24, 2.45) is 4.99 Å². The van der Waals surface area contributed by atoms with E-state index in [0.717, 1.165) is 12.1 Å². The molecule has 1 saturated heterocycles. The van der Waals surface area contributed by atoms with Crippen molar-refractivity contribution in [1.82, 2.24) is 15.5 Å². The summed E-state index contributed by atoms with van der Waals surface area (Å²) in [6.45, 7) is 5.08. The summed E-state index contributed by atoms with van der Waals surface area (Å²) in [5, 5.41) is 14.9. The SMILES string of the molecule is CCOc1cc(N=C(NC#N)SC)c(Cl)cc1C(=O)NCC1CN(Cc2ccc(F)cc2)CCO1. The van der Waals surface area contributed by atoms with Crippen LogP contribution in [0.2, 0.25) is 5.02 Å². The van der Waals surface area contributed by atoms with Gasteiger partial charge in [-0.1, -0.05) is 35.5 Å². The fourth-order valence-electron chi connectivity index (χ4n) is 3.56. The summed E-state index contributed by atoms with van der Waals surface area (Å²) in [5.41, 5.74) is 1.68. The largest absolute Gasteiger partial charge is 0.493 e. The summed E-state index contributed by atoms with van der Waals surface area (Å²) in [4.78, 5) is 19.5. The Morgan fingerprint density at radius 3 is 2.86 bits per heavy atom. The number of nitrogens with one attached hydrogen (secondary N) is 2. The van der Waals surface area contributed by atoms with Crippen molar-refractivity contribution in [2.75, 3.05) is 39.1 Å². The van der Waals surface area contributed by atoms with Gasteiger partial charge in [0.05, 0.1) is 35.6 Å². The first-order valence-electron chi connectivity index (χ1n) is 11.0. The van der Waals surface area contributed by atoms with E-state index in [9.17, 15) is 9.18 Å². The number of ether oxygens (including phenoxy) is 2. The van der Waals surface area contributed by atoms with Gasteiger partial charge in [0, 0.05) is 32.2 Å². The molecule has 0 aliphatic carbocycles. The van der Waals surface area contributed by atoms with Crippen LogP contribution < -0.4 is 15.4 Å². The highest BCUT2D eigenvalue weighted by molar-refractivity contribution is 8.13. The molecule has 0 radical (unpaired) electrons. The Morgan fingerprint density at radius 1 is 1.40 bits per heavy atom. The zero-order valence-electron chi connectivity index (χ0n) is 19.5. The first-order valence-corrected chi connectivity index (χ1v) is 12.6. The molecule has 1 heterocycles. The van der Waals surface area contributed by atoms with E-state index in [1.54, 1.807) is 24.5 Å². The third kappa shape index (κ3) is 7.83. The van der Waals surface area contributed by atoms with Crippen molar-refractivity contribution in [3.05, 3.63) is 58.4 Å². The number of halogens is 2. The molecular formula is C24H27ClFN5O3S. The summed E-state index contributed by atoms with van der Waals surface area (Å²) in [5.74, 6) is -0.260. The lowest BCUT2D eigenvalue weighted by atomic mass is 10.1. The van der Waals surface area contributed by atoms with Crippen molar-refractivity contribution in [3.8, 4) is 11.9 Å². The minimum Gasteiger partial charge on any atom is -0.493 e. The molecule has 0 bridgehead atoms. The zero-order valence-corrected chi connectivity index (χ0v) is 21.1. The van der Waals surface area contributed by atoms with E-state index in [1.807, 2.05) is 13.1 Å². The maximum absolute atomic E-state index is 13.2. The second-order valence-corrected chi connectivity index (χ2v) is 8.86. The number of rotatable bonds is 8. The van der Waals surface area contributed by atoms with Crippen LogP contribution in [0.4, 0.5) is 10.1 Å². The average Bonchev–Trinajstić information content (AvgIpc) is 2.85. The molecule has 186 valence electrons. The van der Waals surface area contributed by atoms with E-state index in [2.05, 4.69) is 20.5 Å².